The van der Waals surface area contributed by atoms with Crippen molar-refractivity contribution in [2.75, 3.05) is 6.61 Å². The van der Waals surface area contributed by atoms with Gasteiger partial charge >= 0.3 is 12.1 Å². The number of rotatable bonds is 7. The minimum Gasteiger partial charge on any atom is -0.465 e. The van der Waals surface area contributed by atoms with Gasteiger partial charge in [0.2, 0.25) is 0 Å². The van der Waals surface area contributed by atoms with Crippen molar-refractivity contribution < 1.29 is 27.1 Å². The lowest BCUT2D eigenvalue weighted by molar-refractivity contribution is -0.147. The summed E-state index contributed by atoms with van der Waals surface area (Å²) in [6.45, 7) is 9.03. The molecule has 4 aromatic rings. The van der Waals surface area contributed by atoms with Crippen molar-refractivity contribution >= 4 is 28.0 Å². The largest absolute Gasteiger partial charge is 0.465 e. The number of hydrogen-bond acceptors (Lipinski definition) is 5. The highest BCUT2D eigenvalue weighted by atomic mass is 19.4. The predicted molar refractivity (Wildman–Crippen MR) is 117 cm³/mol. The number of nitrogens with zero attached hydrogens (tertiary/aromatic N) is 4. The van der Waals surface area contributed by atoms with E-state index in [0.29, 0.717) is 16.6 Å². The molecule has 0 fully saturated rings. The van der Waals surface area contributed by atoms with Crippen LogP contribution in [0.5, 0.6) is 0 Å². The fourth-order valence-electron chi connectivity index (χ4n) is 3.82. The Kier molecular flexibility index (Phi) is 5.94. The number of esters is 1. The first kappa shape index (κ1) is 23.1. The third kappa shape index (κ3) is 3.93. The lowest BCUT2D eigenvalue weighted by atomic mass is 10.00. The molecule has 0 aliphatic rings. The maximum absolute atomic E-state index is 13.8. The quantitative estimate of drug-likeness (QED) is 0.226. The number of alkyl halides is 3. The summed E-state index contributed by atoms with van der Waals surface area (Å²) in [4.78, 5) is 27.7. The Morgan fingerprint density at radius 1 is 1.24 bits per heavy atom. The summed E-state index contributed by atoms with van der Waals surface area (Å²) < 4.78 is 61.5. The van der Waals surface area contributed by atoms with Gasteiger partial charge in [-0.1, -0.05) is 12.2 Å². The third-order valence-electron chi connectivity index (χ3n) is 5.36. The zero-order chi connectivity index (χ0) is 24.6. The minimum atomic E-state index is -4.71. The second-order valence-electron chi connectivity index (χ2n) is 7.37. The second-order valence-corrected chi connectivity index (χ2v) is 7.37. The molecule has 0 radical (unpaired) electrons. The standard InChI is InChI=1S/C23H19F4N5O2/c1-4-13(22(33)34-6-3)18(5-2)32-11-17(23(25,26)27)16-10-30-20(31-21(16)32)15-9-29-19-14(15)7-12(24)8-28-19/h4-5,7-11,13,18H,1-2,6H2,3H3,(H,28,29)/t13-,18-/m1/s1. The molecule has 1 N–H and O–H groups in total. The summed E-state index contributed by atoms with van der Waals surface area (Å²) in [6.07, 6.45) is 2.35. The van der Waals surface area contributed by atoms with Gasteiger partial charge in [-0.15, -0.1) is 13.2 Å². The van der Waals surface area contributed by atoms with Crippen LogP contribution < -0.4 is 0 Å². The number of ether oxygens (including phenoxy) is 1. The van der Waals surface area contributed by atoms with Gasteiger partial charge in [0.1, 0.15) is 17.1 Å². The monoisotopic (exact) mass is 473 g/mol. The SMILES string of the molecule is C=C[C@H]([C@@H](C=C)C(=O)OCC)n1cc(C(F)(F)F)c2cnc(-c3c[nH]c4ncc(F)cc34)nc21. The van der Waals surface area contributed by atoms with Crippen LogP contribution in [-0.4, -0.2) is 37.1 Å². The van der Waals surface area contributed by atoms with Crippen LogP contribution in [0.4, 0.5) is 17.6 Å². The van der Waals surface area contributed by atoms with Crippen LogP contribution in [0.3, 0.4) is 0 Å². The Morgan fingerprint density at radius 3 is 2.65 bits per heavy atom. The molecule has 4 aromatic heterocycles. The Labute approximate surface area is 190 Å². The van der Waals surface area contributed by atoms with Crippen LogP contribution in [0.2, 0.25) is 0 Å². The number of halogens is 4. The molecule has 2 atom stereocenters. The zero-order valence-corrected chi connectivity index (χ0v) is 17.9. The molecule has 0 aliphatic carbocycles. The minimum absolute atomic E-state index is 0.0494. The van der Waals surface area contributed by atoms with Gasteiger partial charge in [0, 0.05) is 34.9 Å². The maximum Gasteiger partial charge on any atom is 0.418 e. The average Bonchev–Trinajstić information content (AvgIpc) is 3.38. The van der Waals surface area contributed by atoms with E-state index in [2.05, 4.69) is 33.1 Å². The highest BCUT2D eigenvalue weighted by molar-refractivity contribution is 5.93. The second kappa shape index (κ2) is 8.73. The molecular formula is C23H19F4N5O2. The summed E-state index contributed by atoms with van der Waals surface area (Å²) in [7, 11) is 0. The van der Waals surface area contributed by atoms with Crippen LogP contribution in [-0.2, 0) is 15.7 Å². The maximum atomic E-state index is 13.8. The van der Waals surface area contributed by atoms with Crippen molar-refractivity contribution in [3.8, 4) is 11.4 Å². The molecular weight excluding hydrogens is 454 g/mol. The number of H-pyrrole nitrogens is 1. The number of aromatic nitrogens is 5. The first-order chi connectivity index (χ1) is 16.2. The van der Waals surface area contributed by atoms with E-state index in [1.54, 1.807) is 6.92 Å². The Balaban J connectivity index is 1.95. The van der Waals surface area contributed by atoms with Gasteiger partial charge in [0.25, 0.3) is 0 Å². The van der Waals surface area contributed by atoms with E-state index in [4.69, 9.17) is 4.74 Å². The smallest absolute Gasteiger partial charge is 0.418 e. The number of carbonyl (C=O) groups is 1. The first-order valence-electron chi connectivity index (χ1n) is 10.2. The lowest BCUT2D eigenvalue weighted by Crippen LogP contribution is -2.25. The van der Waals surface area contributed by atoms with E-state index in [1.807, 2.05) is 0 Å². The number of fused-ring (bicyclic) bond motifs is 2. The molecule has 4 heterocycles. The summed E-state index contributed by atoms with van der Waals surface area (Å²) in [5.41, 5.74) is -0.341. The van der Waals surface area contributed by atoms with E-state index < -0.39 is 35.5 Å². The summed E-state index contributed by atoms with van der Waals surface area (Å²) >= 11 is 0. The molecule has 0 saturated carbocycles. The zero-order valence-electron chi connectivity index (χ0n) is 17.9. The number of aromatic amines is 1. The molecule has 34 heavy (non-hydrogen) atoms. The third-order valence-corrected chi connectivity index (χ3v) is 5.36. The fourth-order valence-corrected chi connectivity index (χ4v) is 3.82. The molecule has 0 aliphatic heterocycles. The van der Waals surface area contributed by atoms with Crippen LogP contribution >= 0.6 is 0 Å². The molecule has 0 amide bonds. The summed E-state index contributed by atoms with van der Waals surface area (Å²) in [5.74, 6) is -2.22. The van der Waals surface area contributed by atoms with Crippen LogP contribution in [0.25, 0.3) is 33.5 Å². The summed E-state index contributed by atoms with van der Waals surface area (Å²) in [5, 5.41) is 0.100. The number of nitrogens with one attached hydrogen (secondary N) is 1. The summed E-state index contributed by atoms with van der Waals surface area (Å²) in [6, 6.07) is 0.253. The molecule has 0 bridgehead atoms. The molecule has 7 nitrogen and oxygen atoms in total. The Hall–Kier alpha value is -4.02. The molecule has 0 saturated heterocycles. The Bertz CT molecular complexity index is 1410. The van der Waals surface area contributed by atoms with E-state index in [0.717, 1.165) is 18.6 Å². The molecule has 176 valence electrons. The molecule has 11 heteroatoms. The Morgan fingerprint density at radius 2 is 2.00 bits per heavy atom. The van der Waals surface area contributed by atoms with Gasteiger partial charge < -0.3 is 14.3 Å². The highest BCUT2D eigenvalue weighted by Gasteiger charge is 2.37. The van der Waals surface area contributed by atoms with Gasteiger partial charge in [-0.2, -0.15) is 13.2 Å². The van der Waals surface area contributed by atoms with Crippen molar-refractivity contribution in [2.24, 2.45) is 5.92 Å². The van der Waals surface area contributed by atoms with Crippen molar-refractivity contribution in [2.45, 2.75) is 19.1 Å². The molecule has 0 aromatic carbocycles. The van der Waals surface area contributed by atoms with E-state index in [-0.39, 0.29) is 23.5 Å². The number of allylic oxidation sites excluding steroid dienone is 1. The van der Waals surface area contributed by atoms with Crippen LogP contribution in [0.15, 0.2) is 56.2 Å². The molecule has 4 rings (SSSR count). The fraction of sp³-hybridized carbons (Fsp3) is 0.217. The van der Waals surface area contributed by atoms with E-state index in [9.17, 15) is 22.4 Å². The lowest BCUT2D eigenvalue weighted by Gasteiger charge is -2.22. The number of carbonyl (C=O) groups excluding carboxylic acids is 1. The van der Waals surface area contributed by atoms with Crippen molar-refractivity contribution in [3.05, 3.63) is 67.5 Å². The topological polar surface area (TPSA) is 85.7 Å². The normalized spacial score (nSPS) is 13.7. The first-order valence-corrected chi connectivity index (χ1v) is 10.2. The average molecular weight is 473 g/mol. The van der Waals surface area contributed by atoms with Crippen molar-refractivity contribution in [3.63, 3.8) is 0 Å². The van der Waals surface area contributed by atoms with Gasteiger partial charge in [-0.25, -0.2) is 19.3 Å². The van der Waals surface area contributed by atoms with E-state index >= 15 is 0 Å². The van der Waals surface area contributed by atoms with Crippen LogP contribution in [0, 0.1) is 11.7 Å². The molecule has 0 spiro atoms. The van der Waals surface area contributed by atoms with Crippen molar-refractivity contribution in [1.82, 2.24) is 24.5 Å². The van der Waals surface area contributed by atoms with Gasteiger partial charge in [0.15, 0.2) is 5.82 Å². The van der Waals surface area contributed by atoms with Gasteiger partial charge in [-0.3, -0.25) is 4.79 Å². The van der Waals surface area contributed by atoms with Crippen molar-refractivity contribution in [1.29, 1.82) is 0 Å². The van der Waals surface area contributed by atoms with Crippen LogP contribution in [0.1, 0.15) is 18.5 Å². The number of hydrogen-bond donors (Lipinski definition) is 1. The van der Waals surface area contributed by atoms with E-state index in [1.165, 1.54) is 29.0 Å². The van der Waals surface area contributed by atoms with Gasteiger partial charge in [0.05, 0.1) is 30.3 Å². The highest BCUT2D eigenvalue weighted by Crippen LogP contribution is 2.39. The predicted octanol–water partition coefficient (Wildman–Crippen LogP) is 5.22. The number of pyridine rings is 1. The molecule has 0 unspecified atom stereocenters. The van der Waals surface area contributed by atoms with Gasteiger partial charge in [-0.05, 0) is 13.0 Å².